The summed E-state index contributed by atoms with van der Waals surface area (Å²) >= 11 is 0. The van der Waals surface area contributed by atoms with Crippen molar-refractivity contribution in [2.45, 2.75) is 6.92 Å². The normalized spacial score (nSPS) is 10.8. The van der Waals surface area contributed by atoms with Gasteiger partial charge in [0, 0.05) is 5.56 Å². The lowest BCUT2D eigenvalue weighted by molar-refractivity contribution is 0.415. The third-order valence-electron chi connectivity index (χ3n) is 2.83. The van der Waals surface area contributed by atoms with Crippen LogP contribution < -0.4 is 10.3 Å². The number of H-pyrrole nitrogens is 1. The van der Waals surface area contributed by atoms with Gasteiger partial charge in [0.25, 0.3) is 11.3 Å². The third kappa shape index (κ3) is 1.87. The van der Waals surface area contributed by atoms with Gasteiger partial charge in [-0.05, 0) is 31.2 Å². The van der Waals surface area contributed by atoms with Crippen LogP contribution in [0, 0.1) is 6.92 Å². The number of methoxy groups -OCH3 is 1. The van der Waals surface area contributed by atoms with Gasteiger partial charge in [0.1, 0.15) is 22.7 Å². The van der Waals surface area contributed by atoms with Crippen LogP contribution in [0.1, 0.15) is 5.82 Å². The summed E-state index contributed by atoms with van der Waals surface area (Å²) < 4.78 is 10.2. The Morgan fingerprint density at radius 3 is 2.68 bits per heavy atom. The number of hydrogen-bond acceptors (Lipinski definition) is 5. The van der Waals surface area contributed by atoms with Crippen LogP contribution in [0.3, 0.4) is 0 Å². The van der Waals surface area contributed by atoms with Gasteiger partial charge in [-0.15, -0.1) is 0 Å². The van der Waals surface area contributed by atoms with Crippen molar-refractivity contribution in [3.63, 3.8) is 0 Å². The van der Waals surface area contributed by atoms with Crippen molar-refractivity contribution in [1.29, 1.82) is 0 Å². The zero-order chi connectivity index (χ0) is 13.4. The van der Waals surface area contributed by atoms with Crippen LogP contribution in [-0.4, -0.2) is 22.2 Å². The molecule has 2 aromatic heterocycles. The summed E-state index contributed by atoms with van der Waals surface area (Å²) in [5.74, 6) is 1.23. The van der Waals surface area contributed by atoms with Crippen molar-refractivity contribution in [3.8, 4) is 17.0 Å². The summed E-state index contributed by atoms with van der Waals surface area (Å²) in [6, 6.07) is 7.22. The molecule has 6 heteroatoms. The largest absolute Gasteiger partial charge is 0.497 e. The molecular weight excluding hydrogens is 246 g/mol. The molecule has 0 bridgehead atoms. The van der Waals surface area contributed by atoms with Gasteiger partial charge in [0.2, 0.25) is 0 Å². The number of benzene rings is 1. The molecule has 0 radical (unpaired) electrons. The molecule has 0 fully saturated rings. The molecule has 6 nitrogen and oxygen atoms in total. The first-order valence-corrected chi connectivity index (χ1v) is 5.70. The number of ether oxygens (including phenoxy) is 1. The Labute approximate surface area is 108 Å². The fourth-order valence-electron chi connectivity index (χ4n) is 1.92. The number of fused-ring (bicyclic) bond motifs is 1. The first-order valence-electron chi connectivity index (χ1n) is 5.70. The molecular formula is C13H11N3O3. The zero-order valence-corrected chi connectivity index (χ0v) is 10.4. The van der Waals surface area contributed by atoms with Gasteiger partial charge in [-0.2, -0.15) is 4.98 Å². The number of hydrogen-bond donors (Lipinski definition) is 1. The van der Waals surface area contributed by atoms with Crippen LogP contribution in [0.25, 0.3) is 22.4 Å². The lowest BCUT2D eigenvalue weighted by Gasteiger charge is -2.00. The molecule has 1 aromatic carbocycles. The average molecular weight is 257 g/mol. The molecule has 0 amide bonds. The second kappa shape index (κ2) is 4.24. The van der Waals surface area contributed by atoms with E-state index in [1.807, 2.05) is 12.1 Å². The van der Waals surface area contributed by atoms with Gasteiger partial charge in [-0.1, -0.05) is 5.16 Å². The van der Waals surface area contributed by atoms with E-state index in [-0.39, 0.29) is 11.3 Å². The minimum atomic E-state index is -0.255. The Hall–Kier alpha value is -2.63. The summed E-state index contributed by atoms with van der Waals surface area (Å²) in [6.07, 6.45) is 0. The molecule has 1 N–H and O–H groups in total. The summed E-state index contributed by atoms with van der Waals surface area (Å²) in [4.78, 5) is 18.7. The first-order chi connectivity index (χ1) is 9.19. The molecule has 0 aliphatic heterocycles. The average Bonchev–Trinajstić information content (AvgIpc) is 2.83. The number of nitrogens with one attached hydrogen (secondary N) is 1. The van der Waals surface area contributed by atoms with Gasteiger partial charge < -0.3 is 14.2 Å². The first kappa shape index (κ1) is 11.5. The molecule has 19 heavy (non-hydrogen) atoms. The Balaban J connectivity index is 2.22. The van der Waals surface area contributed by atoms with E-state index in [1.165, 1.54) is 0 Å². The molecule has 0 spiro atoms. The minimum Gasteiger partial charge on any atom is -0.497 e. The minimum absolute atomic E-state index is 0.243. The number of rotatable bonds is 2. The molecule has 0 saturated heterocycles. The summed E-state index contributed by atoms with van der Waals surface area (Å²) in [5.41, 5.74) is 1.24. The predicted molar refractivity (Wildman–Crippen MR) is 69.1 cm³/mol. The monoisotopic (exact) mass is 257 g/mol. The standard InChI is InChI=1S/C13H11N3O3/c1-7-14-12(17)10-11(16-19-13(10)15-7)8-3-5-9(18-2)6-4-8/h3-6H,1-2H3,(H,14,15,17). The Bertz CT molecular complexity index is 787. The Kier molecular flexibility index (Phi) is 2.56. The molecule has 0 saturated carbocycles. The smallest absolute Gasteiger partial charge is 0.265 e. The van der Waals surface area contributed by atoms with E-state index in [0.717, 1.165) is 11.3 Å². The van der Waals surface area contributed by atoms with E-state index >= 15 is 0 Å². The maximum atomic E-state index is 12.0. The number of aryl methyl sites for hydroxylation is 1. The molecule has 0 aliphatic rings. The van der Waals surface area contributed by atoms with Crippen LogP contribution in [0.2, 0.25) is 0 Å². The molecule has 0 aliphatic carbocycles. The number of nitrogens with zero attached hydrogens (tertiary/aromatic N) is 2. The van der Waals surface area contributed by atoms with Crippen LogP contribution >= 0.6 is 0 Å². The van der Waals surface area contributed by atoms with Gasteiger partial charge in [0.05, 0.1) is 7.11 Å². The summed E-state index contributed by atoms with van der Waals surface area (Å²) in [7, 11) is 1.60. The lowest BCUT2D eigenvalue weighted by atomic mass is 10.1. The summed E-state index contributed by atoms with van der Waals surface area (Å²) in [5, 5.41) is 4.28. The quantitative estimate of drug-likeness (QED) is 0.758. The van der Waals surface area contributed by atoms with Crippen LogP contribution in [0.4, 0.5) is 0 Å². The Morgan fingerprint density at radius 2 is 2.00 bits per heavy atom. The van der Waals surface area contributed by atoms with Crippen molar-refractivity contribution < 1.29 is 9.26 Å². The van der Waals surface area contributed by atoms with Gasteiger partial charge in [0.15, 0.2) is 0 Å². The topological polar surface area (TPSA) is 81.0 Å². The fraction of sp³-hybridized carbons (Fsp3) is 0.154. The zero-order valence-electron chi connectivity index (χ0n) is 10.4. The number of aromatic nitrogens is 3. The van der Waals surface area contributed by atoms with E-state index in [0.29, 0.717) is 16.9 Å². The van der Waals surface area contributed by atoms with Gasteiger partial charge >= 0.3 is 0 Å². The second-order valence-corrected chi connectivity index (χ2v) is 4.09. The van der Waals surface area contributed by atoms with Gasteiger partial charge in [-0.3, -0.25) is 4.79 Å². The maximum absolute atomic E-state index is 12.0. The molecule has 0 unspecified atom stereocenters. The molecule has 96 valence electrons. The molecule has 2 heterocycles. The van der Waals surface area contributed by atoms with Crippen molar-refractivity contribution in [2.24, 2.45) is 0 Å². The van der Waals surface area contributed by atoms with E-state index < -0.39 is 0 Å². The highest BCUT2D eigenvalue weighted by Gasteiger charge is 2.15. The van der Waals surface area contributed by atoms with Crippen molar-refractivity contribution >= 4 is 11.1 Å². The highest BCUT2D eigenvalue weighted by molar-refractivity contribution is 5.88. The molecule has 3 rings (SSSR count). The van der Waals surface area contributed by atoms with E-state index in [1.54, 1.807) is 26.2 Å². The van der Waals surface area contributed by atoms with E-state index in [2.05, 4.69) is 15.1 Å². The number of aromatic amines is 1. The van der Waals surface area contributed by atoms with Crippen molar-refractivity contribution in [2.75, 3.05) is 7.11 Å². The third-order valence-corrected chi connectivity index (χ3v) is 2.83. The highest BCUT2D eigenvalue weighted by atomic mass is 16.5. The van der Waals surface area contributed by atoms with Crippen LogP contribution in [0.15, 0.2) is 33.6 Å². The van der Waals surface area contributed by atoms with Crippen molar-refractivity contribution in [3.05, 3.63) is 40.4 Å². The Morgan fingerprint density at radius 1 is 1.26 bits per heavy atom. The molecule has 3 aromatic rings. The fourth-order valence-corrected chi connectivity index (χ4v) is 1.92. The van der Waals surface area contributed by atoms with Gasteiger partial charge in [-0.25, -0.2) is 0 Å². The molecule has 0 atom stereocenters. The highest BCUT2D eigenvalue weighted by Crippen LogP contribution is 2.25. The second-order valence-electron chi connectivity index (χ2n) is 4.09. The predicted octanol–water partition coefficient (Wildman–Crippen LogP) is 1.90. The van der Waals surface area contributed by atoms with E-state index in [4.69, 9.17) is 9.26 Å². The SMILES string of the molecule is COc1ccc(-c2noc3nc(C)[nH]c(=O)c23)cc1. The van der Waals surface area contributed by atoms with Crippen LogP contribution in [0.5, 0.6) is 5.75 Å². The van der Waals surface area contributed by atoms with Crippen molar-refractivity contribution in [1.82, 2.24) is 15.1 Å². The summed E-state index contributed by atoms with van der Waals surface area (Å²) in [6.45, 7) is 1.69. The van der Waals surface area contributed by atoms with Crippen LogP contribution in [-0.2, 0) is 0 Å². The maximum Gasteiger partial charge on any atom is 0.265 e. The lowest BCUT2D eigenvalue weighted by Crippen LogP contribution is -2.09. The van der Waals surface area contributed by atoms with E-state index in [9.17, 15) is 4.79 Å².